The number of hydrogen-bond acceptors (Lipinski definition) is 6. The predicted octanol–water partition coefficient (Wildman–Crippen LogP) is 2.63. The third-order valence-electron chi connectivity index (χ3n) is 4.21. The van der Waals surface area contributed by atoms with Crippen molar-refractivity contribution in [3.05, 3.63) is 48.0 Å². The van der Waals surface area contributed by atoms with Crippen LogP contribution >= 0.6 is 12.4 Å². The first-order chi connectivity index (χ1) is 13.5. The Morgan fingerprint density at radius 2 is 1.62 bits per heavy atom. The molecular weight excluding hydrogens is 416 g/mol. The molecular formula is C20H29ClN2O5S. The van der Waals surface area contributed by atoms with Gasteiger partial charge in [0.25, 0.3) is 0 Å². The van der Waals surface area contributed by atoms with Crippen LogP contribution in [0.2, 0.25) is 0 Å². The van der Waals surface area contributed by atoms with Crippen molar-refractivity contribution in [2.45, 2.75) is 17.7 Å². The molecule has 0 aliphatic heterocycles. The molecule has 0 atom stereocenters. The zero-order chi connectivity index (χ0) is 20.4. The molecule has 162 valence electrons. The van der Waals surface area contributed by atoms with Gasteiger partial charge in [0.05, 0.1) is 14.2 Å². The molecule has 0 bridgehead atoms. The lowest BCUT2D eigenvalue weighted by Gasteiger charge is -2.12. The highest BCUT2D eigenvalue weighted by Crippen LogP contribution is 2.26. The van der Waals surface area contributed by atoms with Crippen LogP contribution in [0, 0.1) is 0 Å². The SMILES string of the molecule is CNS(=O)(=O)c1cc(CCCNCCOc2ccccc2OC)ccc1OC.Cl. The van der Waals surface area contributed by atoms with E-state index in [1.54, 1.807) is 19.2 Å². The van der Waals surface area contributed by atoms with E-state index in [1.807, 2.05) is 30.3 Å². The fourth-order valence-corrected chi connectivity index (χ4v) is 3.65. The summed E-state index contributed by atoms with van der Waals surface area (Å²) >= 11 is 0. The monoisotopic (exact) mass is 444 g/mol. The second-order valence-electron chi connectivity index (χ2n) is 6.05. The van der Waals surface area contributed by atoms with Crippen LogP contribution in [0.5, 0.6) is 17.2 Å². The van der Waals surface area contributed by atoms with Crippen LogP contribution in [0.25, 0.3) is 0 Å². The van der Waals surface area contributed by atoms with Gasteiger partial charge in [-0.1, -0.05) is 18.2 Å². The summed E-state index contributed by atoms with van der Waals surface area (Å²) in [6, 6.07) is 12.8. The van der Waals surface area contributed by atoms with Crippen LogP contribution in [0.4, 0.5) is 0 Å². The van der Waals surface area contributed by atoms with Crippen molar-refractivity contribution in [3.63, 3.8) is 0 Å². The Kier molecular flexibility index (Phi) is 10.8. The minimum atomic E-state index is -3.56. The third-order valence-corrected chi connectivity index (χ3v) is 5.65. The largest absolute Gasteiger partial charge is 0.495 e. The Labute approximate surface area is 179 Å². The van der Waals surface area contributed by atoms with E-state index in [0.717, 1.165) is 30.7 Å². The Hall–Kier alpha value is -2.00. The molecule has 2 N–H and O–H groups in total. The molecule has 0 aromatic heterocycles. The van der Waals surface area contributed by atoms with E-state index < -0.39 is 10.0 Å². The van der Waals surface area contributed by atoms with Crippen molar-refractivity contribution in [3.8, 4) is 17.2 Å². The summed E-state index contributed by atoms with van der Waals surface area (Å²) < 4.78 is 42.7. The van der Waals surface area contributed by atoms with Crippen LogP contribution < -0.4 is 24.2 Å². The van der Waals surface area contributed by atoms with E-state index in [4.69, 9.17) is 14.2 Å². The average molecular weight is 445 g/mol. The van der Waals surface area contributed by atoms with Gasteiger partial charge in [0, 0.05) is 6.54 Å². The molecule has 0 amide bonds. The molecule has 0 saturated heterocycles. The molecule has 0 fully saturated rings. The number of ether oxygens (including phenoxy) is 3. The minimum absolute atomic E-state index is 0. The first-order valence-corrected chi connectivity index (χ1v) is 10.6. The van der Waals surface area contributed by atoms with Crippen molar-refractivity contribution >= 4 is 22.4 Å². The summed E-state index contributed by atoms with van der Waals surface area (Å²) in [5, 5.41) is 3.32. The molecule has 0 unspecified atom stereocenters. The van der Waals surface area contributed by atoms with Crippen molar-refractivity contribution in [2.24, 2.45) is 0 Å². The van der Waals surface area contributed by atoms with E-state index in [-0.39, 0.29) is 17.3 Å². The van der Waals surface area contributed by atoms with Crippen LogP contribution in [0.15, 0.2) is 47.4 Å². The summed E-state index contributed by atoms with van der Waals surface area (Å²) in [4.78, 5) is 0.160. The van der Waals surface area contributed by atoms with Gasteiger partial charge in [0.15, 0.2) is 11.5 Å². The van der Waals surface area contributed by atoms with Crippen molar-refractivity contribution in [1.29, 1.82) is 0 Å². The van der Waals surface area contributed by atoms with Crippen LogP contribution in [0.1, 0.15) is 12.0 Å². The zero-order valence-electron chi connectivity index (χ0n) is 16.9. The molecule has 2 rings (SSSR count). The third kappa shape index (κ3) is 7.40. The van der Waals surface area contributed by atoms with Crippen LogP contribution in [0.3, 0.4) is 0 Å². The Morgan fingerprint density at radius 3 is 2.28 bits per heavy atom. The Morgan fingerprint density at radius 1 is 0.931 bits per heavy atom. The lowest BCUT2D eigenvalue weighted by atomic mass is 10.1. The summed E-state index contributed by atoms with van der Waals surface area (Å²) in [6.45, 7) is 2.04. The molecule has 0 radical (unpaired) electrons. The van der Waals surface area contributed by atoms with Gasteiger partial charge in [-0.2, -0.15) is 0 Å². The van der Waals surface area contributed by atoms with Crippen molar-refractivity contribution < 1.29 is 22.6 Å². The quantitative estimate of drug-likeness (QED) is 0.489. The van der Waals surface area contributed by atoms with Gasteiger partial charge >= 0.3 is 0 Å². The normalized spacial score (nSPS) is 10.9. The molecule has 0 aliphatic rings. The Bertz CT molecular complexity index is 862. The summed E-state index contributed by atoms with van der Waals surface area (Å²) in [5.74, 6) is 1.78. The molecule has 0 spiro atoms. The number of rotatable bonds is 12. The van der Waals surface area contributed by atoms with Gasteiger partial charge in [-0.05, 0) is 56.3 Å². The van der Waals surface area contributed by atoms with Crippen LogP contribution in [-0.4, -0.2) is 49.4 Å². The van der Waals surface area contributed by atoms with E-state index in [1.165, 1.54) is 14.2 Å². The number of halogens is 1. The highest BCUT2D eigenvalue weighted by Gasteiger charge is 2.18. The Balaban J connectivity index is 0.00000420. The summed E-state index contributed by atoms with van der Waals surface area (Å²) in [6.07, 6.45) is 1.64. The topological polar surface area (TPSA) is 85.9 Å². The maximum atomic E-state index is 12.1. The van der Waals surface area contributed by atoms with Crippen LogP contribution in [-0.2, 0) is 16.4 Å². The smallest absolute Gasteiger partial charge is 0.244 e. The summed E-state index contributed by atoms with van der Waals surface area (Å²) in [7, 11) is 0.909. The molecule has 0 aliphatic carbocycles. The van der Waals surface area contributed by atoms with Gasteiger partial charge < -0.3 is 19.5 Å². The predicted molar refractivity (Wildman–Crippen MR) is 116 cm³/mol. The fourth-order valence-electron chi connectivity index (χ4n) is 2.71. The van der Waals surface area contributed by atoms with Crippen molar-refractivity contribution in [2.75, 3.05) is 41.0 Å². The molecule has 0 heterocycles. The maximum Gasteiger partial charge on any atom is 0.244 e. The van der Waals surface area contributed by atoms with Gasteiger partial charge in [0.1, 0.15) is 17.3 Å². The highest BCUT2D eigenvalue weighted by molar-refractivity contribution is 7.89. The number of methoxy groups -OCH3 is 2. The highest BCUT2D eigenvalue weighted by atomic mass is 35.5. The lowest BCUT2D eigenvalue weighted by Crippen LogP contribution is -2.22. The number of benzene rings is 2. The fraction of sp³-hybridized carbons (Fsp3) is 0.400. The molecule has 29 heavy (non-hydrogen) atoms. The maximum absolute atomic E-state index is 12.1. The van der Waals surface area contributed by atoms with Gasteiger partial charge in [0.2, 0.25) is 10.0 Å². The van der Waals surface area contributed by atoms with Gasteiger partial charge in [-0.15, -0.1) is 12.4 Å². The first kappa shape index (κ1) is 25.0. The molecule has 2 aromatic carbocycles. The van der Waals surface area contributed by atoms with Gasteiger partial charge in [-0.3, -0.25) is 0 Å². The molecule has 7 nitrogen and oxygen atoms in total. The van der Waals surface area contributed by atoms with E-state index in [9.17, 15) is 8.42 Å². The molecule has 2 aromatic rings. The van der Waals surface area contributed by atoms with Gasteiger partial charge in [-0.25, -0.2) is 13.1 Å². The van der Waals surface area contributed by atoms with E-state index >= 15 is 0 Å². The molecule has 9 heteroatoms. The zero-order valence-corrected chi connectivity index (χ0v) is 18.6. The molecule has 0 saturated carbocycles. The standard InChI is InChI=1S/C20H28N2O5S.ClH/c1-21-28(23,24)20-15-16(10-11-19(20)26-3)7-6-12-22-13-14-27-18-9-5-4-8-17(18)25-2;/h4-5,8-11,15,21-22H,6-7,12-14H2,1-3H3;1H. The number of nitrogens with one attached hydrogen (secondary N) is 2. The number of para-hydroxylation sites is 2. The van der Waals surface area contributed by atoms with Crippen molar-refractivity contribution in [1.82, 2.24) is 10.0 Å². The number of hydrogen-bond donors (Lipinski definition) is 2. The average Bonchev–Trinajstić information content (AvgIpc) is 2.73. The summed E-state index contributed by atoms with van der Waals surface area (Å²) in [5.41, 5.74) is 0.946. The second kappa shape index (κ2) is 12.5. The first-order valence-electron chi connectivity index (χ1n) is 9.09. The minimum Gasteiger partial charge on any atom is -0.495 e. The second-order valence-corrected chi connectivity index (χ2v) is 7.90. The van der Waals surface area contributed by atoms with E-state index in [0.29, 0.717) is 24.7 Å². The lowest BCUT2D eigenvalue weighted by molar-refractivity contribution is 0.292. The number of aryl methyl sites for hydroxylation is 1. The van der Waals surface area contributed by atoms with E-state index in [2.05, 4.69) is 10.0 Å². The number of sulfonamides is 1.